The van der Waals surface area contributed by atoms with Crippen LogP contribution >= 0.6 is 11.6 Å². The lowest BCUT2D eigenvalue weighted by Gasteiger charge is -2.04. The molecule has 98 valence electrons. The Morgan fingerprint density at radius 2 is 2.00 bits per heavy atom. The number of hydrogen-bond acceptors (Lipinski definition) is 3. The average Bonchev–Trinajstić information content (AvgIpc) is 2.83. The zero-order valence-electron chi connectivity index (χ0n) is 10.8. The summed E-state index contributed by atoms with van der Waals surface area (Å²) in [7, 11) is 1.88. The molecule has 2 aromatic heterocycles. The van der Waals surface area contributed by atoms with Gasteiger partial charge in [0.05, 0.1) is 28.5 Å². The molecule has 0 aliphatic heterocycles. The molecule has 2 heterocycles. The molecule has 2 N–H and O–H groups in total. The van der Waals surface area contributed by atoms with E-state index >= 15 is 0 Å². The van der Waals surface area contributed by atoms with Gasteiger partial charge in [0.2, 0.25) is 0 Å². The second-order valence-electron chi connectivity index (χ2n) is 4.53. The first-order chi connectivity index (χ1) is 9.08. The maximum Gasteiger partial charge on any atom is 0.153 e. The molecular weight excluding hydrogens is 262 g/mol. The summed E-state index contributed by atoms with van der Waals surface area (Å²) in [6, 6.07) is 7.88. The van der Waals surface area contributed by atoms with Crippen molar-refractivity contribution in [3.63, 3.8) is 0 Å². The van der Waals surface area contributed by atoms with Crippen molar-refractivity contribution < 1.29 is 0 Å². The summed E-state index contributed by atoms with van der Waals surface area (Å²) in [5.41, 5.74) is 8.67. The van der Waals surface area contributed by atoms with Gasteiger partial charge in [-0.2, -0.15) is 10.2 Å². The van der Waals surface area contributed by atoms with Crippen molar-refractivity contribution in [3.8, 4) is 0 Å². The predicted octanol–water partition coefficient (Wildman–Crippen LogP) is 2.36. The van der Waals surface area contributed by atoms with Gasteiger partial charge in [0, 0.05) is 12.4 Å². The molecule has 6 heteroatoms. The molecule has 19 heavy (non-hydrogen) atoms. The molecule has 0 amide bonds. The second kappa shape index (κ2) is 4.28. The summed E-state index contributed by atoms with van der Waals surface area (Å²) in [6.07, 6.45) is 0. The van der Waals surface area contributed by atoms with Crippen molar-refractivity contribution >= 4 is 28.3 Å². The number of nitrogen functional groups attached to an aromatic ring is 1. The van der Waals surface area contributed by atoms with Gasteiger partial charge in [0.15, 0.2) is 5.82 Å². The third kappa shape index (κ3) is 1.86. The molecule has 3 aromatic rings. The van der Waals surface area contributed by atoms with Gasteiger partial charge in [-0.3, -0.25) is 9.36 Å². The highest BCUT2D eigenvalue weighted by atomic mass is 35.5. The molecule has 0 spiro atoms. The number of aryl methyl sites for hydroxylation is 2. The van der Waals surface area contributed by atoms with Gasteiger partial charge in [-0.05, 0) is 19.1 Å². The summed E-state index contributed by atoms with van der Waals surface area (Å²) in [5, 5.41) is 10.3. The largest absolute Gasteiger partial charge is 0.382 e. The molecule has 0 unspecified atom stereocenters. The lowest BCUT2D eigenvalue weighted by molar-refractivity contribution is 0.634. The van der Waals surface area contributed by atoms with Crippen molar-refractivity contribution in [1.82, 2.24) is 19.6 Å². The second-order valence-corrected chi connectivity index (χ2v) is 4.91. The Hall–Kier alpha value is -2.01. The number of halogens is 1. The van der Waals surface area contributed by atoms with Crippen molar-refractivity contribution in [2.45, 2.75) is 13.5 Å². The van der Waals surface area contributed by atoms with E-state index in [1.807, 2.05) is 42.9 Å². The molecule has 0 saturated heterocycles. The molecule has 0 radical (unpaired) electrons. The summed E-state index contributed by atoms with van der Waals surface area (Å²) in [5.74, 6) is 0.533. The fourth-order valence-corrected chi connectivity index (χ4v) is 2.49. The average molecular weight is 276 g/mol. The van der Waals surface area contributed by atoms with Crippen LogP contribution in [0, 0.1) is 6.92 Å². The summed E-state index contributed by atoms with van der Waals surface area (Å²) in [6.45, 7) is 2.44. The number of hydrogen-bond donors (Lipinski definition) is 1. The molecule has 0 aliphatic carbocycles. The molecule has 0 fully saturated rings. The monoisotopic (exact) mass is 275 g/mol. The van der Waals surface area contributed by atoms with Gasteiger partial charge in [0.25, 0.3) is 0 Å². The number of rotatable bonds is 2. The maximum absolute atomic E-state index is 6.27. The first-order valence-corrected chi connectivity index (χ1v) is 6.34. The van der Waals surface area contributed by atoms with Crippen molar-refractivity contribution in [2.75, 3.05) is 5.73 Å². The van der Waals surface area contributed by atoms with Crippen LogP contribution in [0.15, 0.2) is 24.3 Å². The lowest BCUT2D eigenvalue weighted by Crippen LogP contribution is -2.07. The van der Waals surface area contributed by atoms with Crippen LogP contribution in [0.2, 0.25) is 5.02 Å². The number of aromatic nitrogens is 4. The zero-order valence-corrected chi connectivity index (χ0v) is 11.5. The van der Waals surface area contributed by atoms with Crippen LogP contribution in [0.25, 0.3) is 10.9 Å². The van der Waals surface area contributed by atoms with Gasteiger partial charge in [-0.25, -0.2) is 0 Å². The first kappa shape index (κ1) is 12.0. The molecule has 0 atom stereocenters. The standard InChI is InChI=1S/C13H14ClN5/c1-8-12(14)11(18(2)16-8)7-19-10-6-4-3-5-9(10)13(15)17-19/h3-6H,7H2,1-2H3,(H2,15,17). The Kier molecular flexibility index (Phi) is 2.71. The van der Waals surface area contributed by atoms with Crippen molar-refractivity contribution in [1.29, 1.82) is 0 Å². The van der Waals surface area contributed by atoms with Crippen LogP contribution in [0.4, 0.5) is 5.82 Å². The Morgan fingerprint density at radius 1 is 1.26 bits per heavy atom. The van der Waals surface area contributed by atoms with Crippen LogP contribution in [-0.4, -0.2) is 19.6 Å². The minimum absolute atomic E-state index is 0.533. The summed E-state index contributed by atoms with van der Waals surface area (Å²) in [4.78, 5) is 0. The fraction of sp³-hybridized carbons (Fsp3) is 0.231. The lowest BCUT2D eigenvalue weighted by atomic mass is 10.2. The molecular formula is C13H14ClN5. The highest BCUT2D eigenvalue weighted by molar-refractivity contribution is 6.31. The number of nitrogens with zero attached hydrogens (tertiary/aromatic N) is 4. The maximum atomic E-state index is 6.27. The Labute approximate surface area is 115 Å². The van der Waals surface area contributed by atoms with Gasteiger partial charge in [0.1, 0.15) is 0 Å². The van der Waals surface area contributed by atoms with E-state index in [9.17, 15) is 0 Å². The number of nitrogens with two attached hydrogens (primary N) is 1. The zero-order chi connectivity index (χ0) is 13.6. The first-order valence-electron chi connectivity index (χ1n) is 5.97. The highest BCUT2D eigenvalue weighted by Gasteiger charge is 2.14. The van der Waals surface area contributed by atoms with Gasteiger partial charge in [-0.1, -0.05) is 23.7 Å². The smallest absolute Gasteiger partial charge is 0.153 e. The van der Waals surface area contributed by atoms with E-state index in [4.69, 9.17) is 17.3 Å². The Bertz CT molecular complexity index is 756. The number of anilines is 1. The van der Waals surface area contributed by atoms with Gasteiger partial charge < -0.3 is 5.73 Å². The SMILES string of the molecule is Cc1nn(C)c(Cn2nc(N)c3ccccc32)c1Cl. The molecule has 1 aromatic carbocycles. The molecule has 0 bridgehead atoms. The minimum atomic E-state index is 0.533. The van der Waals surface area contributed by atoms with Crippen LogP contribution in [0.5, 0.6) is 0 Å². The highest BCUT2D eigenvalue weighted by Crippen LogP contribution is 2.24. The normalized spacial score (nSPS) is 11.3. The molecule has 0 saturated carbocycles. The third-order valence-electron chi connectivity index (χ3n) is 3.25. The van der Waals surface area contributed by atoms with Crippen LogP contribution < -0.4 is 5.73 Å². The van der Waals surface area contributed by atoms with Crippen LogP contribution in [-0.2, 0) is 13.6 Å². The quantitative estimate of drug-likeness (QED) is 0.781. The van der Waals surface area contributed by atoms with Crippen LogP contribution in [0.1, 0.15) is 11.4 Å². The third-order valence-corrected chi connectivity index (χ3v) is 3.74. The molecule has 3 rings (SSSR count). The van der Waals surface area contributed by atoms with Crippen molar-refractivity contribution in [2.24, 2.45) is 7.05 Å². The number of benzene rings is 1. The predicted molar refractivity (Wildman–Crippen MR) is 76.2 cm³/mol. The van der Waals surface area contributed by atoms with Gasteiger partial charge >= 0.3 is 0 Å². The van der Waals surface area contributed by atoms with Gasteiger partial charge in [-0.15, -0.1) is 0 Å². The van der Waals surface area contributed by atoms with E-state index in [-0.39, 0.29) is 0 Å². The van der Waals surface area contributed by atoms with E-state index < -0.39 is 0 Å². The fourth-order valence-electron chi connectivity index (χ4n) is 2.27. The minimum Gasteiger partial charge on any atom is -0.382 e. The van der Waals surface area contributed by atoms with E-state index in [0.29, 0.717) is 17.4 Å². The van der Waals surface area contributed by atoms with Crippen molar-refractivity contribution in [3.05, 3.63) is 40.7 Å². The summed E-state index contributed by atoms with van der Waals surface area (Å²) >= 11 is 6.27. The Balaban J connectivity index is 2.11. The van der Waals surface area contributed by atoms with Crippen LogP contribution in [0.3, 0.4) is 0 Å². The Morgan fingerprint density at radius 3 is 2.68 bits per heavy atom. The topological polar surface area (TPSA) is 61.7 Å². The number of fused-ring (bicyclic) bond motifs is 1. The van der Waals surface area contributed by atoms with E-state index in [2.05, 4.69) is 10.2 Å². The van der Waals surface area contributed by atoms with E-state index in [0.717, 1.165) is 22.3 Å². The van der Waals surface area contributed by atoms with E-state index in [1.54, 1.807) is 4.68 Å². The summed E-state index contributed by atoms with van der Waals surface area (Å²) < 4.78 is 3.64. The molecule has 0 aliphatic rings. The number of para-hydroxylation sites is 1. The molecule has 5 nitrogen and oxygen atoms in total. The van der Waals surface area contributed by atoms with E-state index in [1.165, 1.54) is 0 Å².